The first-order chi connectivity index (χ1) is 9.01. The van der Waals surface area contributed by atoms with Crippen LogP contribution in [0.3, 0.4) is 0 Å². The summed E-state index contributed by atoms with van der Waals surface area (Å²) in [7, 11) is 1.68. The lowest BCUT2D eigenvalue weighted by Crippen LogP contribution is -1.98. The molecule has 19 heavy (non-hydrogen) atoms. The van der Waals surface area contributed by atoms with Crippen molar-refractivity contribution < 1.29 is 4.74 Å². The van der Waals surface area contributed by atoms with E-state index in [1.54, 1.807) is 7.11 Å². The van der Waals surface area contributed by atoms with Gasteiger partial charge in [0.1, 0.15) is 5.75 Å². The molecule has 0 radical (unpaired) electrons. The molecule has 1 unspecified atom stereocenters. The zero-order valence-corrected chi connectivity index (χ0v) is 12.6. The Hall–Kier alpha value is -1.47. The van der Waals surface area contributed by atoms with E-state index >= 15 is 0 Å². The van der Waals surface area contributed by atoms with Crippen molar-refractivity contribution in [3.8, 4) is 5.75 Å². The average molecular weight is 275 g/mol. The highest BCUT2D eigenvalue weighted by Gasteiger charge is 2.14. The molecule has 2 rings (SSSR count). The van der Waals surface area contributed by atoms with Crippen LogP contribution in [0.25, 0.3) is 0 Å². The third kappa shape index (κ3) is 3.10. The third-order valence-electron chi connectivity index (χ3n) is 3.29. The van der Waals surface area contributed by atoms with Crippen LogP contribution < -0.4 is 4.74 Å². The van der Waals surface area contributed by atoms with E-state index in [2.05, 4.69) is 39.0 Å². The van der Waals surface area contributed by atoms with Crippen LogP contribution in [0.2, 0.25) is 0 Å². The van der Waals surface area contributed by atoms with Crippen molar-refractivity contribution in [1.82, 2.24) is 0 Å². The number of methoxy groups -OCH3 is 1. The molecule has 0 aromatic heterocycles. The average Bonchev–Trinajstić information content (AvgIpc) is 2.36. The highest BCUT2D eigenvalue weighted by Crippen LogP contribution is 2.33. The number of hydrogen-bond acceptors (Lipinski definition) is 1. The lowest BCUT2D eigenvalue weighted by atomic mass is 9.97. The summed E-state index contributed by atoms with van der Waals surface area (Å²) in [6.07, 6.45) is 0. The molecule has 0 N–H and O–H groups in total. The number of aryl methyl sites for hydroxylation is 3. The molecule has 1 atom stereocenters. The molecule has 100 valence electrons. The van der Waals surface area contributed by atoms with Crippen LogP contribution in [0.5, 0.6) is 5.75 Å². The second-order valence-corrected chi connectivity index (χ2v) is 5.44. The monoisotopic (exact) mass is 274 g/mol. The Morgan fingerprint density at radius 2 is 1.58 bits per heavy atom. The Labute approximate surface area is 120 Å². The van der Waals surface area contributed by atoms with Gasteiger partial charge in [0.25, 0.3) is 0 Å². The molecular weight excluding hydrogens is 256 g/mol. The van der Waals surface area contributed by atoms with Gasteiger partial charge in [-0.1, -0.05) is 35.4 Å². The van der Waals surface area contributed by atoms with Crippen molar-refractivity contribution in [3.05, 3.63) is 64.2 Å². The van der Waals surface area contributed by atoms with Gasteiger partial charge in [0, 0.05) is 0 Å². The molecule has 0 saturated heterocycles. The van der Waals surface area contributed by atoms with E-state index < -0.39 is 0 Å². The number of halogens is 1. The van der Waals surface area contributed by atoms with E-state index in [1.165, 1.54) is 11.1 Å². The second kappa shape index (κ2) is 5.66. The maximum atomic E-state index is 6.64. The third-order valence-corrected chi connectivity index (χ3v) is 3.77. The van der Waals surface area contributed by atoms with Crippen molar-refractivity contribution in [3.63, 3.8) is 0 Å². The van der Waals surface area contributed by atoms with E-state index in [-0.39, 0.29) is 5.38 Å². The Kier molecular flexibility index (Phi) is 4.16. The lowest BCUT2D eigenvalue weighted by Gasteiger charge is -2.15. The smallest absolute Gasteiger partial charge is 0.119 e. The van der Waals surface area contributed by atoms with E-state index in [0.717, 1.165) is 22.4 Å². The maximum Gasteiger partial charge on any atom is 0.119 e. The molecule has 0 aliphatic heterocycles. The Morgan fingerprint density at radius 1 is 0.947 bits per heavy atom. The zero-order valence-electron chi connectivity index (χ0n) is 11.8. The van der Waals surface area contributed by atoms with E-state index in [0.29, 0.717) is 0 Å². The molecule has 0 aliphatic carbocycles. The second-order valence-electron chi connectivity index (χ2n) is 5.01. The summed E-state index contributed by atoms with van der Waals surface area (Å²) in [5.41, 5.74) is 5.91. The zero-order chi connectivity index (χ0) is 14.0. The summed E-state index contributed by atoms with van der Waals surface area (Å²) in [5.74, 6) is 0.866. The minimum atomic E-state index is -0.121. The Bertz CT molecular complexity index is 570. The van der Waals surface area contributed by atoms with Gasteiger partial charge in [0.15, 0.2) is 0 Å². The van der Waals surface area contributed by atoms with Crippen LogP contribution >= 0.6 is 11.6 Å². The van der Waals surface area contributed by atoms with Gasteiger partial charge in [-0.25, -0.2) is 0 Å². The molecule has 2 heteroatoms. The highest BCUT2D eigenvalue weighted by molar-refractivity contribution is 6.22. The van der Waals surface area contributed by atoms with Gasteiger partial charge < -0.3 is 4.74 Å². The van der Waals surface area contributed by atoms with Crippen molar-refractivity contribution in [2.45, 2.75) is 26.1 Å². The van der Waals surface area contributed by atoms with E-state index in [9.17, 15) is 0 Å². The first-order valence-electron chi connectivity index (χ1n) is 6.38. The lowest BCUT2D eigenvalue weighted by molar-refractivity contribution is 0.414. The number of alkyl halides is 1. The highest BCUT2D eigenvalue weighted by atomic mass is 35.5. The molecule has 0 aliphatic rings. The predicted octanol–water partition coefficient (Wildman–Crippen LogP) is 4.95. The Balaban J connectivity index is 2.40. The van der Waals surface area contributed by atoms with Crippen molar-refractivity contribution in [1.29, 1.82) is 0 Å². The number of benzene rings is 2. The van der Waals surface area contributed by atoms with Crippen LogP contribution in [-0.2, 0) is 0 Å². The first-order valence-corrected chi connectivity index (χ1v) is 6.81. The van der Waals surface area contributed by atoms with Gasteiger partial charge in [-0.05, 0) is 49.6 Å². The largest absolute Gasteiger partial charge is 0.497 e. The molecular formula is C17H19ClO. The number of rotatable bonds is 3. The van der Waals surface area contributed by atoms with E-state index in [1.807, 2.05) is 18.2 Å². The van der Waals surface area contributed by atoms with Crippen molar-refractivity contribution in [2.75, 3.05) is 7.11 Å². The molecule has 2 aromatic rings. The van der Waals surface area contributed by atoms with Crippen molar-refractivity contribution in [2.24, 2.45) is 0 Å². The van der Waals surface area contributed by atoms with Gasteiger partial charge >= 0.3 is 0 Å². The predicted molar refractivity (Wildman–Crippen MR) is 81.3 cm³/mol. The molecule has 1 nitrogen and oxygen atoms in total. The summed E-state index contributed by atoms with van der Waals surface area (Å²) >= 11 is 6.64. The molecule has 0 bridgehead atoms. The first kappa shape index (κ1) is 14.0. The van der Waals surface area contributed by atoms with Crippen LogP contribution in [0.15, 0.2) is 36.4 Å². The van der Waals surface area contributed by atoms with Crippen LogP contribution in [0, 0.1) is 20.8 Å². The standard InChI is InChI=1S/C17H19ClO/c1-11-7-12(2)9-14(8-11)17(18)16-6-5-15(19-4)10-13(16)3/h5-10,17H,1-4H3. The van der Waals surface area contributed by atoms with Gasteiger partial charge in [0.05, 0.1) is 12.5 Å². The molecule has 0 amide bonds. The van der Waals surface area contributed by atoms with Crippen molar-refractivity contribution >= 4 is 11.6 Å². The fraction of sp³-hybridized carbons (Fsp3) is 0.294. The molecule has 2 aromatic carbocycles. The summed E-state index contributed by atoms with van der Waals surface area (Å²) in [6, 6.07) is 12.5. The van der Waals surface area contributed by atoms with Gasteiger partial charge in [-0.15, -0.1) is 11.6 Å². The minimum absolute atomic E-state index is 0.121. The summed E-state index contributed by atoms with van der Waals surface area (Å²) < 4.78 is 5.23. The summed E-state index contributed by atoms with van der Waals surface area (Å²) in [4.78, 5) is 0. The normalized spacial score (nSPS) is 12.3. The molecule has 0 spiro atoms. The topological polar surface area (TPSA) is 9.23 Å². The number of hydrogen-bond donors (Lipinski definition) is 0. The fourth-order valence-corrected chi connectivity index (χ4v) is 2.77. The quantitative estimate of drug-likeness (QED) is 0.720. The van der Waals surface area contributed by atoms with Gasteiger partial charge in [0.2, 0.25) is 0 Å². The molecule has 0 heterocycles. The minimum Gasteiger partial charge on any atom is -0.497 e. The fourth-order valence-electron chi connectivity index (χ4n) is 2.40. The van der Waals surface area contributed by atoms with Crippen LogP contribution in [0.4, 0.5) is 0 Å². The van der Waals surface area contributed by atoms with Gasteiger partial charge in [-0.2, -0.15) is 0 Å². The summed E-state index contributed by atoms with van der Waals surface area (Å²) in [5, 5.41) is -0.121. The maximum absolute atomic E-state index is 6.64. The molecule has 0 fully saturated rings. The SMILES string of the molecule is COc1ccc(C(Cl)c2cc(C)cc(C)c2)c(C)c1. The van der Waals surface area contributed by atoms with Gasteiger partial charge in [-0.3, -0.25) is 0 Å². The number of ether oxygens (including phenoxy) is 1. The Morgan fingerprint density at radius 3 is 2.11 bits per heavy atom. The van der Waals surface area contributed by atoms with Crippen LogP contribution in [0.1, 0.15) is 33.2 Å². The molecule has 0 saturated carbocycles. The van der Waals surface area contributed by atoms with Crippen LogP contribution in [-0.4, -0.2) is 7.11 Å². The van der Waals surface area contributed by atoms with E-state index in [4.69, 9.17) is 16.3 Å². The summed E-state index contributed by atoms with van der Waals surface area (Å²) in [6.45, 7) is 6.26.